The highest BCUT2D eigenvalue weighted by molar-refractivity contribution is 5.73. The summed E-state index contributed by atoms with van der Waals surface area (Å²) in [4.78, 5) is 13.5. The summed E-state index contributed by atoms with van der Waals surface area (Å²) in [5.74, 6) is -0.202. The molecule has 23 heavy (non-hydrogen) atoms. The summed E-state index contributed by atoms with van der Waals surface area (Å²) in [5, 5.41) is 3.63. The predicted molar refractivity (Wildman–Crippen MR) is 89.9 cm³/mol. The van der Waals surface area contributed by atoms with E-state index in [0.29, 0.717) is 31.9 Å². The molecule has 0 aromatic heterocycles. The second kappa shape index (κ2) is 6.79. The third-order valence-electron chi connectivity index (χ3n) is 4.15. The Hall–Kier alpha value is -2.40. The maximum absolute atomic E-state index is 13.9. The van der Waals surface area contributed by atoms with E-state index in [1.54, 1.807) is 17.1 Å². The molecular weight excluding hydrogens is 293 g/mol. The molecule has 5 heteroatoms. The number of rotatable bonds is 4. The minimum Gasteiger partial charge on any atom is -0.366 e. The summed E-state index contributed by atoms with van der Waals surface area (Å²) in [5.41, 5.74) is 2.63. The van der Waals surface area contributed by atoms with Crippen LogP contribution in [-0.2, 0) is 4.79 Å². The van der Waals surface area contributed by atoms with Crippen molar-refractivity contribution in [2.45, 2.75) is 6.92 Å². The largest absolute Gasteiger partial charge is 0.366 e. The lowest BCUT2D eigenvalue weighted by Gasteiger charge is -2.40. The molecule has 1 fully saturated rings. The average Bonchev–Trinajstić information content (AvgIpc) is 2.58. The number of para-hydroxylation sites is 1. The van der Waals surface area contributed by atoms with E-state index in [-0.39, 0.29) is 5.82 Å². The number of halogens is 1. The van der Waals surface area contributed by atoms with Crippen molar-refractivity contribution >= 4 is 17.8 Å². The van der Waals surface area contributed by atoms with Crippen molar-refractivity contribution < 1.29 is 9.18 Å². The van der Waals surface area contributed by atoms with E-state index in [2.05, 4.69) is 0 Å². The molecule has 1 amide bonds. The first-order valence-corrected chi connectivity index (χ1v) is 7.74. The first-order chi connectivity index (χ1) is 11.2. The molecule has 1 heterocycles. The van der Waals surface area contributed by atoms with Crippen LogP contribution in [0.5, 0.6) is 0 Å². The van der Waals surface area contributed by atoms with Gasteiger partial charge in [0.15, 0.2) is 0 Å². The molecule has 2 aromatic carbocycles. The molecule has 0 aliphatic carbocycles. The molecule has 0 saturated carbocycles. The zero-order valence-corrected chi connectivity index (χ0v) is 13.2. The summed E-state index contributed by atoms with van der Waals surface area (Å²) in [6, 6.07) is 14.7. The van der Waals surface area contributed by atoms with E-state index in [1.807, 2.05) is 47.2 Å². The van der Waals surface area contributed by atoms with Crippen molar-refractivity contribution in [2.75, 3.05) is 36.1 Å². The molecule has 1 aliphatic heterocycles. The van der Waals surface area contributed by atoms with Gasteiger partial charge in [0.25, 0.3) is 0 Å². The minimum absolute atomic E-state index is 0.202. The van der Waals surface area contributed by atoms with Crippen LogP contribution >= 0.6 is 0 Å². The van der Waals surface area contributed by atoms with E-state index in [1.165, 1.54) is 6.07 Å². The fourth-order valence-corrected chi connectivity index (χ4v) is 2.85. The standard InChI is InChI=1S/C18H20FN3O/c1-15-6-8-16(9-7-15)22(14-23)21-12-10-20(11-13-21)18-5-3-2-4-17(18)19/h2-9,14H,10-13H2,1H3. The maximum atomic E-state index is 13.9. The molecule has 1 aliphatic rings. The highest BCUT2D eigenvalue weighted by Crippen LogP contribution is 2.22. The molecule has 120 valence electrons. The Morgan fingerprint density at radius 1 is 1.00 bits per heavy atom. The van der Waals surface area contributed by atoms with Gasteiger partial charge in [0.05, 0.1) is 11.4 Å². The summed E-state index contributed by atoms with van der Waals surface area (Å²) in [6.45, 7) is 4.71. The van der Waals surface area contributed by atoms with E-state index in [4.69, 9.17) is 0 Å². The van der Waals surface area contributed by atoms with Gasteiger partial charge in [-0.05, 0) is 31.2 Å². The van der Waals surface area contributed by atoms with Crippen molar-refractivity contribution in [2.24, 2.45) is 0 Å². The van der Waals surface area contributed by atoms with Crippen LogP contribution in [0.25, 0.3) is 0 Å². The lowest BCUT2D eigenvalue weighted by molar-refractivity contribution is -0.110. The monoisotopic (exact) mass is 313 g/mol. The van der Waals surface area contributed by atoms with Gasteiger partial charge in [-0.3, -0.25) is 4.79 Å². The molecule has 0 atom stereocenters. The topological polar surface area (TPSA) is 26.8 Å². The number of carbonyl (C=O) groups excluding carboxylic acids is 1. The molecule has 0 spiro atoms. The quantitative estimate of drug-likeness (QED) is 0.812. The van der Waals surface area contributed by atoms with Crippen molar-refractivity contribution in [3.8, 4) is 0 Å². The highest BCUT2D eigenvalue weighted by atomic mass is 19.1. The van der Waals surface area contributed by atoms with Gasteiger partial charge in [-0.2, -0.15) is 0 Å². The van der Waals surface area contributed by atoms with Gasteiger partial charge >= 0.3 is 0 Å². The first-order valence-electron chi connectivity index (χ1n) is 7.74. The van der Waals surface area contributed by atoms with Gasteiger partial charge in [-0.25, -0.2) is 14.4 Å². The van der Waals surface area contributed by atoms with Crippen LogP contribution in [0.15, 0.2) is 48.5 Å². The third kappa shape index (κ3) is 3.35. The Kier molecular flexibility index (Phi) is 4.57. The van der Waals surface area contributed by atoms with Gasteiger partial charge in [-0.1, -0.05) is 29.8 Å². The van der Waals surface area contributed by atoms with Gasteiger partial charge in [-0.15, -0.1) is 0 Å². The summed E-state index contributed by atoms with van der Waals surface area (Å²) in [7, 11) is 0. The molecule has 1 saturated heterocycles. The number of aryl methyl sites for hydroxylation is 1. The number of hydrogen-bond acceptors (Lipinski definition) is 3. The lowest BCUT2D eigenvalue weighted by atomic mass is 10.2. The molecule has 0 N–H and O–H groups in total. The van der Waals surface area contributed by atoms with Crippen molar-refractivity contribution in [3.63, 3.8) is 0 Å². The summed E-state index contributed by atoms with van der Waals surface area (Å²) in [6.07, 6.45) is 0.837. The van der Waals surface area contributed by atoms with E-state index in [9.17, 15) is 9.18 Å². The normalized spacial score (nSPS) is 15.5. The number of amides is 1. The molecule has 4 nitrogen and oxygen atoms in total. The van der Waals surface area contributed by atoms with Crippen molar-refractivity contribution in [1.82, 2.24) is 5.01 Å². The second-order valence-electron chi connectivity index (χ2n) is 5.68. The van der Waals surface area contributed by atoms with Crippen LogP contribution in [0.2, 0.25) is 0 Å². The van der Waals surface area contributed by atoms with Gasteiger partial charge in [0.1, 0.15) is 5.82 Å². The van der Waals surface area contributed by atoms with E-state index < -0.39 is 0 Å². The van der Waals surface area contributed by atoms with Crippen LogP contribution in [0.4, 0.5) is 15.8 Å². The minimum atomic E-state index is -0.202. The zero-order valence-electron chi connectivity index (χ0n) is 13.2. The van der Waals surface area contributed by atoms with Gasteiger partial charge in [0.2, 0.25) is 6.41 Å². The molecule has 2 aromatic rings. The second-order valence-corrected chi connectivity index (χ2v) is 5.68. The fourth-order valence-electron chi connectivity index (χ4n) is 2.85. The smallest absolute Gasteiger partial charge is 0.228 e. The third-order valence-corrected chi connectivity index (χ3v) is 4.15. The average molecular weight is 313 g/mol. The Morgan fingerprint density at radius 3 is 2.26 bits per heavy atom. The Labute approximate surface area is 135 Å². The van der Waals surface area contributed by atoms with Crippen LogP contribution in [-0.4, -0.2) is 37.6 Å². The summed E-state index contributed by atoms with van der Waals surface area (Å²) < 4.78 is 13.9. The van der Waals surface area contributed by atoms with E-state index >= 15 is 0 Å². The first kappa shape index (κ1) is 15.5. The predicted octanol–water partition coefficient (Wildman–Crippen LogP) is 2.83. The number of piperazine rings is 1. The van der Waals surface area contributed by atoms with Crippen molar-refractivity contribution in [1.29, 1.82) is 0 Å². The fraction of sp³-hybridized carbons (Fsp3) is 0.278. The highest BCUT2D eigenvalue weighted by Gasteiger charge is 2.23. The SMILES string of the molecule is Cc1ccc(N(C=O)N2CCN(c3ccccc3F)CC2)cc1. The van der Waals surface area contributed by atoms with E-state index in [0.717, 1.165) is 17.7 Å². The summed E-state index contributed by atoms with van der Waals surface area (Å²) >= 11 is 0. The molecule has 0 radical (unpaired) electrons. The number of hydrogen-bond donors (Lipinski definition) is 0. The Bertz CT molecular complexity index is 666. The molecule has 0 bridgehead atoms. The van der Waals surface area contributed by atoms with Crippen molar-refractivity contribution in [3.05, 3.63) is 59.9 Å². The molecule has 0 unspecified atom stereocenters. The zero-order chi connectivity index (χ0) is 16.2. The van der Waals surface area contributed by atoms with Gasteiger partial charge in [0, 0.05) is 26.2 Å². The lowest BCUT2D eigenvalue weighted by Crippen LogP contribution is -2.53. The molecular formula is C18H20FN3O. The molecule has 3 rings (SSSR count). The maximum Gasteiger partial charge on any atom is 0.228 e. The van der Waals surface area contributed by atoms with Crippen LogP contribution in [0.3, 0.4) is 0 Å². The Morgan fingerprint density at radius 2 is 1.65 bits per heavy atom. The number of anilines is 2. The van der Waals surface area contributed by atoms with Crippen LogP contribution in [0.1, 0.15) is 5.56 Å². The number of nitrogens with zero attached hydrogens (tertiary/aromatic N) is 3. The number of hydrazine groups is 1. The van der Waals surface area contributed by atoms with Crippen LogP contribution in [0, 0.1) is 12.7 Å². The number of carbonyl (C=O) groups is 1. The van der Waals surface area contributed by atoms with Crippen LogP contribution < -0.4 is 9.91 Å². The Balaban J connectivity index is 1.69. The van der Waals surface area contributed by atoms with Gasteiger partial charge < -0.3 is 4.90 Å². The number of benzene rings is 2.